The largest absolute Gasteiger partial charge is 0.352 e. The zero-order valence-corrected chi connectivity index (χ0v) is 25.0. The quantitative estimate of drug-likeness (QED) is 0.299. The van der Waals surface area contributed by atoms with E-state index >= 15 is 0 Å². The molecule has 0 aliphatic heterocycles. The third-order valence-corrected chi connectivity index (χ3v) is 8.72. The number of hydrogen-bond acceptors (Lipinski definition) is 4. The van der Waals surface area contributed by atoms with Crippen molar-refractivity contribution in [1.82, 2.24) is 10.2 Å². The van der Waals surface area contributed by atoms with Gasteiger partial charge >= 0.3 is 0 Å². The van der Waals surface area contributed by atoms with Crippen molar-refractivity contribution in [3.8, 4) is 0 Å². The molecule has 3 aromatic rings. The van der Waals surface area contributed by atoms with Crippen LogP contribution >= 0.6 is 39.1 Å². The maximum atomic E-state index is 13.8. The number of rotatable bonds is 10. The minimum atomic E-state index is -4.18. The number of carbonyl (C=O) groups excluding carboxylic acids is 2. The number of hydrogen-bond donors (Lipinski definition) is 1. The average Bonchev–Trinajstić information content (AvgIpc) is 2.88. The van der Waals surface area contributed by atoms with Crippen molar-refractivity contribution in [2.24, 2.45) is 0 Å². The van der Waals surface area contributed by atoms with Crippen LogP contribution in [0, 0.1) is 0 Å². The first-order valence-corrected chi connectivity index (χ1v) is 14.8. The van der Waals surface area contributed by atoms with Gasteiger partial charge in [-0.1, -0.05) is 69.5 Å². The number of amides is 2. The maximum Gasteiger partial charge on any atom is 0.264 e. The monoisotopic (exact) mass is 639 g/mol. The van der Waals surface area contributed by atoms with Gasteiger partial charge in [-0.2, -0.15) is 0 Å². The second kappa shape index (κ2) is 13.0. The molecule has 202 valence electrons. The minimum absolute atomic E-state index is 0.00364. The second-order valence-electron chi connectivity index (χ2n) is 8.91. The molecular formula is C27H28BrCl2N3O4S. The first kappa shape index (κ1) is 30.0. The zero-order valence-electron chi connectivity index (χ0n) is 21.1. The number of nitrogens with zero attached hydrogens (tertiary/aromatic N) is 2. The lowest BCUT2D eigenvalue weighted by Crippen LogP contribution is -2.52. The molecule has 0 spiro atoms. The average molecular weight is 641 g/mol. The van der Waals surface area contributed by atoms with Crippen LogP contribution in [-0.2, 0) is 26.2 Å². The zero-order chi connectivity index (χ0) is 28.0. The van der Waals surface area contributed by atoms with Gasteiger partial charge in [-0.15, -0.1) is 0 Å². The second-order valence-corrected chi connectivity index (χ2v) is 12.5. The van der Waals surface area contributed by atoms with Gasteiger partial charge in [0.05, 0.1) is 20.6 Å². The Labute approximate surface area is 241 Å². The summed E-state index contributed by atoms with van der Waals surface area (Å²) in [6.45, 7) is 4.79. The number of anilines is 1. The van der Waals surface area contributed by atoms with Crippen molar-refractivity contribution in [2.75, 3.05) is 10.8 Å². The van der Waals surface area contributed by atoms with Gasteiger partial charge in [0.2, 0.25) is 11.8 Å². The van der Waals surface area contributed by atoms with Gasteiger partial charge in [-0.3, -0.25) is 13.9 Å². The molecular weight excluding hydrogens is 613 g/mol. The van der Waals surface area contributed by atoms with Gasteiger partial charge in [0.1, 0.15) is 12.6 Å². The van der Waals surface area contributed by atoms with E-state index < -0.39 is 28.5 Å². The highest BCUT2D eigenvalue weighted by atomic mass is 79.9. The Morgan fingerprint density at radius 2 is 1.55 bits per heavy atom. The predicted octanol–water partition coefficient (Wildman–Crippen LogP) is 5.89. The van der Waals surface area contributed by atoms with E-state index in [0.717, 1.165) is 14.3 Å². The van der Waals surface area contributed by atoms with Gasteiger partial charge in [-0.25, -0.2) is 8.42 Å². The molecule has 3 aromatic carbocycles. The van der Waals surface area contributed by atoms with Crippen molar-refractivity contribution in [3.05, 3.63) is 92.9 Å². The molecule has 0 unspecified atom stereocenters. The summed E-state index contributed by atoms with van der Waals surface area (Å²) in [4.78, 5) is 28.1. The van der Waals surface area contributed by atoms with Crippen LogP contribution < -0.4 is 9.62 Å². The lowest BCUT2D eigenvalue weighted by atomic mass is 10.1. The van der Waals surface area contributed by atoms with E-state index in [1.54, 1.807) is 25.1 Å². The van der Waals surface area contributed by atoms with E-state index in [1.807, 2.05) is 38.1 Å². The summed E-state index contributed by atoms with van der Waals surface area (Å²) in [5, 5.41) is 3.21. The highest BCUT2D eigenvalue weighted by Gasteiger charge is 2.32. The van der Waals surface area contributed by atoms with Crippen LogP contribution in [-0.4, -0.2) is 43.8 Å². The smallest absolute Gasteiger partial charge is 0.264 e. The lowest BCUT2D eigenvalue weighted by Gasteiger charge is -2.32. The first-order valence-electron chi connectivity index (χ1n) is 11.8. The fraction of sp³-hybridized carbons (Fsp3) is 0.259. The number of benzene rings is 3. The number of halogens is 3. The van der Waals surface area contributed by atoms with E-state index in [0.29, 0.717) is 0 Å². The van der Waals surface area contributed by atoms with Gasteiger partial charge in [0, 0.05) is 17.1 Å². The van der Waals surface area contributed by atoms with Gasteiger partial charge < -0.3 is 10.2 Å². The van der Waals surface area contributed by atoms with Gasteiger partial charge in [0.25, 0.3) is 10.0 Å². The maximum absolute atomic E-state index is 13.8. The summed E-state index contributed by atoms with van der Waals surface area (Å²) in [6, 6.07) is 18.4. The summed E-state index contributed by atoms with van der Waals surface area (Å²) < 4.78 is 29.3. The fourth-order valence-electron chi connectivity index (χ4n) is 3.66. The molecule has 0 bridgehead atoms. The van der Waals surface area contributed by atoms with Crippen LogP contribution in [0.5, 0.6) is 0 Å². The van der Waals surface area contributed by atoms with Crippen molar-refractivity contribution >= 4 is 66.7 Å². The van der Waals surface area contributed by atoms with Gasteiger partial charge in [0.15, 0.2) is 0 Å². The molecule has 7 nitrogen and oxygen atoms in total. The molecule has 0 heterocycles. The Bertz CT molecular complexity index is 1390. The van der Waals surface area contributed by atoms with Crippen LogP contribution in [0.2, 0.25) is 10.0 Å². The summed E-state index contributed by atoms with van der Waals surface area (Å²) in [6.07, 6.45) is 0. The van der Waals surface area contributed by atoms with Gasteiger partial charge in [-0.05, 0) is 68.8 Å². The Balaban J connectivity index is 2.04. The number of carbonyl (C=O) groups is 2. The van der Waals surface area contributed by atoms with Crippen molar-refractivity contribution in [3.63, 3.8) is 0 Å². The molecule has 0 aliphatic rings. The lowest BCUT2D eigenvalue weighted by molar-refractivity contribution is -0.139. The first-order chi connectivity index (χ1) is 17.9. The Kier molecular flexibility index (Phi) is 10.2. The topological polar surface area (TPSA) is 86.8 Å². The molecule has 1 N–H and O–H groups in total. The van der Waals surface area contributed by atoms with Crippen molar-refractivity contribution in [1.29, 1.82) is 0 Å². The number of nitrogens with one attached hydrogen (secondary N) is 1. The molecule has 0 radical (unpaired) electrons. The van der Waals surface area contributed by atoms with E-state index in [4.69, 9.17) is 23.2 Å². The predicted molar refractivity (Wildman–Crippen MR) is 155 cm³/mol. The van der Waals surface area contributed by atoms with Crippen molar-refractivity contribution in [2.45, 2.75) is 44.3 Å². The van der Waals surface area contributed by atoms with E-state index in [1.165, 1.54) is 35.2 Å². The van der Waals surface area contributed by atoms with Crippen LogP contribution in [0.15, 0.2) is 82.2 Å². The standard InChI is InChI=1S/C27H28BrCl2N3O4S/c1-18(2)31-27(35)19(3)32(16-20-9-11-21(28)12-10-20)26(34)17-33(22-13-14-24(29)25(30)15-22)38(36,37)23-7-5-4-6-8-23/h4-15,18-19H,16-17H2,1-3H3,(H,31,35)/t19-/m1/s1. The highest BCUT2D eigenvalue weighted by Crippen LogP contribution is 2.31. The van der Waals surface area contributed by atoms with Crippen LogP contribution in [0.1, 0.15) is 26.3 Å². The highest BCUT2D eigenvalue weighted by molar-refractivity contribution is 9.10. The molecule has 0 aromatic heterocycles. The molecule has 38 heavy (non-hydrogen) atoms. The Morgan fingerprint density at radius 3 is 2.13 bits per heavy atom. The minimum Gasteiger partial charge on any atom is -0.352 e. The summed E-state index contributed by atoms with van der Waals surface area (Å²) in [7, 11) is -4.18. The number of sulfonamides is 1. The van der Waals surface area contributed by atoms with Crippen molar-refractivity contribution < 1.29 is 18.0 Å². The van der Waals surface area contributed by atoms with Crippen LogP contribution in [0.4, 0.5) is 5.69 Å². The van der Waals surface area contributed by atoms with E-state index in [9.17, 15) is 18.0 Å². The van der Waals surface area contributed by atoms with E-state index in [-0.39, 0.29) is 39.1 Å². The molecule has 0 aliphatic carbocycles. The molecule has 1 atom stereocenters. The van der Waals surface area contributed by atoms with Crippen LogP contribution in [0.3, 0.4) is 0 Å². The third-order valence-electron chi connectivity index (χ3n) is 5.67. The molecule has 0 fully saturated rings. The summed E-state index contributed by atoms with van der Waals surface area (Å²) in [5.41, 5.74) is 0.942. The summed E-state index contributed by atoms with van der Waals surface area (Å²) >= 11 is 15.7. The normalized spacial score (nSPS) is 12.2. The molecule has 2 amide bonds. The molecule has 11 heteroatoms. The van der Waals surface area contributed by atoms with E-state index in [2.05, 4.69) is 21.2 Å². The molecule has 3 rings (SSSR count). The SMILES string of the molecule is CC(C)NC(=O)[C@@H](C)N(Cc1ccc(Br)cc1)C(=O)CN(c1ccc(Cl)c(Cl)c1)S(=O)(=O)c1ccccc1. The molecule has 0 saturated heterocycles. The Morgan fingerprint density at radius 1 is 0.921 bits per heavy atom. The third kappa shape index (κ3) is 7.50. The fourth-order valence-corrected chi connectivity index (χ4v) is 5.65. The Hall–Kier alpha value is -2.59. The summed E-state index contributed by atoms with van der Waals surface area (Å²) in [5.74, 6) is -0.914. The molecule has 0 saturated carbocycles. The van der Waals surface area contributed by atoms with Crippen LogP contribution in [0.25, 0.3) is 0 Å².